The van der Waals surface area contributed by atoms with E-state index in [1.807, 2.05) is 12.1 Å². The van der Waals surface area contributed by atoms with Gasteiger partial charge in [-0.25, -0.2) is 4.68 Å². The van der Waals surface area contributed by atoms with Gasteiger partial charge in [0, 0.05) is 18.8 Å². The van der Waals surface area contributed by atoms with Gasteiger partial charge in [0.1, 0.15) is 0 Å². The Balaban J connectivity index is 2.29. The Kier molecular flexibility index (Phi) is 4.78. The van der Waals surface area contributed by atoms with Crippen LogP contribution < -0.4 is 10.9 Å². The second kappa shape index (κ2) is 6.57. The molecule has 0 amide bonds. The van der Waals surface area contributed by atoms with Crippen LogP contribution in [0.4, 0.5) is 11.4 Å². The van der Waals surface area contributed by atoms with Crippen molar-refractivity contribution in [2.45, 2.75) is 39.5 Å². The number of nitrogens with one attached hydrogen (secondary N) is 1. The molecule has 2 rings (SSSR count). The van der Waals surface area contributed by atoms with Crippen molar-refractivity contribution in [1.29, 1.82) is 0 Å². The highest BCUT2D eigenvalue weighted by Gasteiger charge is 2.07. The van der Waals surface area contributed by atoms with Gasteiger partial charge in [-0.3, -0.25) is 4.79 Å². The lowest BCUT2D eigenvalue weighted by atomic mass is 10.0. The number of hydrogen-bond donors (Lipinski definition) is 1. The highest BCUT2D eigenvalue weighted by Crippen LogP contribution is 2.22. The van der Waals surface area contributed by atoms with Crippen molar-refractivity contribution in [3.63, 3.8) is 0 Å². The summed E-state index contributed by atoms with van der Waals surface area (Å²) in [7, 11) is 1.68. The lowest BCUT2D eigenvalue weighted by Crippen LogP contribution is -2.21. The normalized spacial score (nSPS) is 10.9. The van der Waals surface area contributed by atoms with Crippen LogP contribution in [0.25, 0.3) is 0 Å². The molecule has 0 saturated carbocycles. The minimum Gasteiger partial charge on any atom is -0.354 e. The Bertz CT molecular complexity index is 657. The van der Waals surface area contributed by atoms with Crippen molar-refractivity contribution >= 4 is 11.4 Å². The molecule has 1 aromatic heterocycles. The first-order valence-corrected chi connectivity index (χ1v) is 7.45. The third-order valence-corrected chi connectivity index (χ3v) is 3.51. The number of benzene rings is 1. The molecule has 21 heavy (non-hydrogen) atoms. The standard InChI is InChI=1S/C17H23N3O/c1-5-6-15-16(11-17(21)20(4)19-15)18-14-9-7-13(8-10-14)12(2)3/h7-12,18H,5-6H2,1-4H3. The molecule has 1 aromatic carbocycles. The van der Waals surface area contributed by atoms with E-state index in [1.165, 1.54) is 10.2 Å². The molecular formula is C17H23N3O. The number of rotatable bonds is 5. The quantitative estimate of drug-likeness (QED) is 0.913. The van der Waals surface area contributed by atoms with Crippen LogP contribution in [0.5, 0.6) is 0 Å². The van der Waals surface area contributed by atoms with Crippen LogP contribution >= 0.6 is 0 Å². The molecule has 112 valence electrons. The third-order valence-electron chi connectivity index (χ3n) is 3.51. The molecule has 0 bridgehead atoms. The van der Waals surface area contributed by atoms with Crippen molar-refractivity contribution in [3.8, 4) is 0 Å². The zero-order chi connectivity index (χ0) is 15.4. The predicted octanol–water partition coefficient (Wildman–Crippen LogP) is 3.60. The van der Waals surface area contributed by atoms with Gasteiger partial charge in [0.15, 0.2) is 0 Å². The van der Waals surface area contributed by atoms with E-state index in [0.29, 0.717) is 5.92 Å². The largest absolute Gasteiger partial charge is 0.354 e. The molecule has 4 heteroatoms. The van der Waals surface area contributed by atoms with Gasteiger partial charge in [0.25, 0.3) is 5.56 Å². The van der Waals surface area contributed by atoms with Crippen LogP contribution in [0.2, 0.25) is 0 Å². The Morgan fingerprint density at radius 2 is 1.90 bits per heavy atom. The van der Waals surface area contributed by atoms with Crippen LogP contribution in [0.1, 0.15) is 44.4 Å². The summed E-state index contributed by atoms with van der Waals surface area (Å²) in [5.41, 5.74) is 3.91. The zero-order valence-electron chi connectivity index (χ0n) is 13.2. The van der Waals surface area contributed by atoms with Crippen molar-refractivity contribution in [1.82, 2.24) is 9.78 Å². The average Bonchev–Trinajstić information content (AvgIpc) is 2.45. The van der Waals surface area contributed by atoms with Crippen LogP contribution in [0.15, 0.2) is 35.1 Å². The van der Waals surface area contributed by atoms with Crippen molar-refractivity contribution in [2.75, 3.05) is 5.32 Å². The summed E-state index contributed by atoms with van der Waals surface area (Å²) >= 11 is 0. The Labute approximate surface area is 125 Å². The van der Waals surface area contributed by atoms with Gasteiger partial charge in [0.05, 0.1) is 11.4 Å². The van der Waals surface area contributed by atoms with E-state index in [9.17, 15) is 4.79 Å². The molecule has 1 N–H and O–H groups in total. The van der Waals surface area contributed by atoms with Gasteiger partial charge in [-0.2, -0.15) is 5.10 Å². The van der Waals surface area contributed by atoms with Crippen LogP contribution in [0.3, 0.4) is 0 Å². The lowest BCUT2D eigenvalue weighted by Gasteiger charge is -2.13. The van der Waals surface area contributed by atoms with E-state index in [-0.39, 0.29) is 5.56 Å². The van der Waals surface area contributed by atoms with Gasteiger partial charge in [-0.15, -0.1) is 0 Å². The van der Waals surface area contributed by atoms with Crippen LogP contribution in [0, 0.1) is 0 Å². The van der Waals surface area contributed by atoms with Crippen molar-refractivity contribution in [3.05, 3.63) is 51.9 Å². The summed E-state index contributed by atoms with van der Waals surface area (Å²) in [5.74, 6) is 0.514. The molecule has 0 spiro atoms. The number of aromatic nitrogens is 2. The summed E-state index contributed by atoms with van der Waals surface area (Å²) in [5, 5.41) is 7.66. The van der Waals surface area contributed by atoms with E-state index in [4.69, 9.17) is 0 Å². The van der Waals surface area contributed by atoms with E-state index in [0.717, 1.165) is 29.9 Å². The molecule has 0 unspecified atom stereocenters. The number of nitrogens with zero attached hydrogens (tertiary/aromatic N) is 2. The van der Waals surface area contributed by atoms with Crippen molar-refractivity contribution in [2.24, 2.45) is 7.05 Å². The Morgan fingerprint density at radius 3 is 2.48 bits per heavy atom. The van der Waals surface area contributed by atoms with E-state index >= 15 is 0 Å². The smallest absolute Gasteiger partial charge is 0.268 e. The number of anilines is 2. The summed E-state index contributed by atoms with van der Waals surface area (Å²) in [4.78, 5) is 11.8. The first-order chi connectivity index (χ1) is 10.0. The second-order valence-corrected chi connectivity index (χ2v) is 5.62. The molecule has 0 aliphatic carbocycles. The second-order valence-electron chi connectivity index (χ2n) is 5.62. The topological polar surface area (TPSA) is 46.9 Å². The maximum Gasteiger partial charge on any atom is 0.268 e. The van der Waals surface area contributed by atoms with E-state index < -0.39 is 0 Å². The molecule has 1 heterocycles. The minimum atomic E-state index is -0.101. The molecule has 2 aromatic rings. The SMILES string of the molecule is CCCc1nn(C)c(=O)cc1Nc1ccc(C(C)C)cc1. The van der Waals surface area contributed by atoms with E-state index in [2.05, 4.69) is 43.3 Å². The fraction of sp³-hybridized carbons (Fsp3) is 0.412. The van der Waals surface area contributed by atoms with Crippen LogP contribution in [-0.4, -0.2) is 9.78 Å². The number of hydrogen-bond acceptors (Lipinski definition) is 3. The van der Waals surface area contributed by atoms with E-state index in [1.54, 1.807) is 13.1 Å². The lowest BCUT2D eigenvalue weighted by molar-refractivity contribution is 0.673. The van der Waals surface area contributed by atoms with Gasteiger partial charge in [-0.1, -0.05) is 39.3 Å². The molecular weight excluding hydrogens is 262 g/mol. The first-order valence-electron chi connectivity index (χ1n) is 7.45. The van der Waals surface area contributed by atoms with Gasteiger partial charge in [-0.05, 0) is 30.0 Å². The zero-order valence-corrected chi connectivity index (χ0v) is 13.2. The highest BCUT2D eigenvalue weighted by atomic mass is 16.1. The molecule has 0 fully saturated rings. The Hall–Kier alpha value is -2.10. The molecule has 0 aliphatic rings. The molecule has 0 aliphatic heterocycles. The van der Waals surface area contributed by atoms with Crippen LogP contribution in [-0.2, 0) is 13.5 Å². The highest BCUT2D eigenvalue weighted by molar-refractivity contribution is 5.61. The predicted molar refractivity (Wildman–Crippen MR) is 87.3 cm³/mol. The van der Waals surface area contributed by atoms with Gasteiger partial charge < -0.3 is 5.32 Å². The summed E-state index contributed by atoms with van der Waals surface area (Å²) in [6.07, 6.45) is 1.84. The monoisotopic (exact) mass is 285 g/mol. The summed E-state index contributed by atoms with van der Waals surface area (Å²) < 4.78 is 1.39. The minimum absolute atomic E-state index is 0.101. The van der Waals surface area contributed by atoms with Crippen molar-refractivity contribution < 1.29 is 0 Å². The summed E-state index contributed by atoms with van der Waals surface area (Å²) in [6, 6.07) is 9.93. The summed E-state index contributed by atoms with van der Waals surface area (Å²) in [6.45, 7) is 6.45. The fourth-order valence-corrected chi connectivity index (χ4v) is 2.22. The fourth-order valence-electron chi connectivity index (χ4n) is 2.22. The maximum absolute atomic E-state index is 11.8. The molecule has 0 radical (unpaired) electrons. The molecule has 4 nitrogen and oxygen atoms in total. The first kappa shape index (κ1) is 15.3. The Morgan fingerprint density at radius 1 is 1.24 bits per heavy atom. The molecule has 0 saturated heterocycles. The number of aryl methyl sites for hydroxylation is 2. The van der Waals surface area contributed by atoms with Gasteiger partial charge in [0.2, 0.25) is 0 Å². The van der Waals surface area contributed by atoms with Gasteiger partial charge >= 0.3 is 0 Å². The third kappa shape index (κ3) is 3.72. The molecule has 0 atom stereocenters. The average molecular weight is 285 g/mol. The maximum atomic E-state index is 11.8.